The molecule has 17 heavy (non-hydrogen) atoms. The Morgan fingerprint density at radius 1 is 1.53 bits per heavy atom. The highest BCUT2D eigenvalue weighted by Gasteiger charge is 2.10. The highest BCUT2D eigenvalue weighted by molar-refractivity contribution is 5.90. The van der Waals surface area contributed by atoms with Gasteiger partial charge in [0.1, 0.15) is 0 Å². The third kappa shape index (κ3) is 3.89. The Balaban J connectivity index is 3.06. The molecule has 0 bridgehead atoms. The lowest BCUT2D eigenvalue weighted by Gasteiger charge is -2.08. The van der Waals surface area contributed by atoms with Crippen LogP contribution in [0.15, 0.2) is 18.2 Å². The van der Waals surface area contributed by atoms with E-state index in [2.05, 4.69) is 0 Å². The van der Waals surface area contributed by atoms with Crippen LogP contribution in [0.1, 0.15) is 35.3 Å². The minimum absolute atomic E-state index is 0.0148. The van der Waals surface area contributed by atoms with E-state index in [1.807, 2.05) is 13.0 Å². The first-order valence-corrected chi connectivity index (χ1v) is 5.53. The maximum Gasteiger partial charge on any atom is 0.338 e. The smallest absolute Gasteiger partial charge is 0.338 e. The average Bonchev–Trinajstić information content (AvgIpc) is 2.28. The summed E-state index contributed by atoms with van der Waals surface area (Å²) in [6, 6.07) is 7.01. The average molecular weight is 232 g/mol. The number of hydrogen-bond acceptors (Lipinski definition) is 4. The van der Waals surface area contributed by atoms with Crippen molar-refractivity contribution in [2.45, 2.75) is 26.3 Å². The molecule has 0 fully saturated rings. The van der Waals surface area contributed by atoms with Gasteiger partial charge in [0.2, 0.25) is 0 Å². The van der Waals surface area contributed by atoms with Gasteiger partial charge in [0.25, 0.3) is 0 Å². The van der Waals surface area contributed by atoms with Crippen molar-refractivity contribution in [1.29, 1.82) is 5.26 Å². The van der Waals surface area contributed by atoms with Gasteiger partial charge in [-0.25, -0.2) is 4.79 Å². The van der Waals surface area contributed by atoms with E-state index in [0.29, 0.717) is 24.2 Å². The van der Waals surface area contributed by atoms with Gasteiger partial charge in [0, 0.05) is 6.04 Å². The maximum absolute atomic E-state index is 11.6. The van der Waals surface area contributed by atoms with Crippen LogP contribution in [0.25, 0.3) is 0 Å². The van der Waals surface area contributed by atoms with E-state index in [9.17, 15) is 4.79 Å². The van der Waals surface area contributed by atoms with E-state index < -0.39 is 5.97 Å². The number of hydrogen-bond donors (Lipinski definition) is 1. The van der Waals surface area contributed by atoms with Gasteiger partial charge in [-0.05, 0) is 44.0 Å². The van der Waals surface area contributed by atoms with Gasteiger partial charge >= 0.3 is 5.97 Å². The number of ether oxygens (including phenoxy) is 1. The zero-order valence-corrected chi connectivity index (χ0v) is 10.1. The zero-order valence-electron chi connectivity index (χ0n) is 10.1. The van der Waals surface area contributed by atoms with Crippen LogP contribution in [0.5, 0.6) is 0 Å². The third-order valence-electron chi connectivity index (χ3n) is 2.19. The molecule has 0 saturated carbocycles. The minimum Gasteiger partial charge on any atom is -0.462 e. The fourth-order valence-electron chi connectivity index (χ4n) is 1.58. The Hall–Kier alpha value is -1.86. The van der Waals surface area contributed by atoms with Gasteiger partial charge in [-0.15, -0.1) is 0 Å². The minimum atomic E-state index is -0.407. The molecule has 1 rings (SSSR count). The molecule has 0 saturated heterocycles. The van der Waals surface area contributed by atoms with Crippen LogP contribution in [-0.2, 0) is 11.2 Å². The summed E-state index contributed by atoms with van der Waals surface area (Å²) in [5.41, 5.74) is 7.43. The molecule has 0 aliphatic carbocycles. The van der Waals surface area contributed by atoms with Crippen LogP contribution < -0.4 is 5.73 Å². The van der Waals surface area contributed by atoms with Crippen LogP contribution in [0, 0.1) is 11.3 Å². The number of esters is 1. The standard InChI is InChI=1S/C13H16N2O2/c1-3-17-13(16)12-6-10(4-9(2)15)5-11(7-12)8-14/h5-7,9H,3-4,15H2,1-2H3/t9-/m1/s1. The van der Waals surface area contributed by atoms with Crippen molar-refractivity contribution >= 4 is 5.97 Å². The second kappa shape index (κ2) is 6.02. The summed E-state index contributed by atoms with van der Waals surface area (Å²) in [7, 11) is 0. The second-order valence-electron chi connectivity index (χ2n) is 3.93. The van der Waals surface area contributed by atoms with Crippen molar-refractivity contribution < 1.29 is 9.53 Å². The summed E-state index contributed by atoms with van der Waals surface area (Å²) >= 11 is 0. The first-order valence-electron chi connectivity index (χ1n) is 5.53. The van der Waals surface area contributed by atoms with Crippen LogP contribution in [0.4, 0.5) is 0 Å². The molecular formula is C13H16N2O2. The Bertz CT molecular complexity index is 447. The molecule has 0 unspecified atom stereocenters. The molecule has 0 radical (unpaired) electrons. The first kappa shape index (κ1) is 13.2. The summed E-state index contributed by atoms with van der Waals surface area (Å²) in [6.45, 7) is 3.94. The molecule has 0 heterocycles. The number of carbonyl (C=O) groups excluding carboxylic acids is 1. The van der Waals surface area contributed by atoms with Crippen molar-refractivity contribution in [2.24, 2.45) is 5.73 Å². The van der Waals surface area contributed by atoms with Gasteiger partial charge in [0.05, 0.1) is 23.8 Å². The quantitative estimate of drug-likeness (QED) is 0.800. The van der Waals surface area contributed by atoms with Crippen LogP contribution in [-0.4, -0.2) is 18.6 Å². The van der Waals surface area contributed by atoms with Crippen molar-refractivity contribution in [3.05, 3.63) is 34.9 Å². The summed E-state index contributed by atoms with van der Waals surface area (Å²) in [4.78, 5) is 11.6. The third-order valence-corrected chi connectivity index (χ3v) is 2.19. The van der Waals surface area contributed by atoms with E-state index >= 15 is 0 Å². The van der Waals surface area contributed by atoms with Gasteiger partial charge in [-0.1, -0.05) is 0 Å². The van der Waals surface area contributed by atoms with Crippen LogP contribution in [0.2, 0.25) is 0 Å². The molecule has 0 amide bonds. The Kier molecular flexibility index (Phi) is 4.68. The highest BCUT2D eigenvalue weighted by Crippen LogP contribution is 2.12. The Labute approximate surface area is 101 Å². The molecule has 0 aliphatic rings. The molecule has 2 N–H and O–H groups in total. The lowest BCUT2D eigenvalue weighted by atomic mass is 10.0. The highest BCUT2D eigenvalue weighted by atomic mass is 16.5. The van der Waals surface area contributed by atoms with Gasteiger partial charge in [-0.2, -0.15) is 5.26 Å². The molecule has 4 nitrogen and oxygen atoms in total. The number of benzene rings is 1. The molecule has 4 heteroatoms. The monoisotopic (exact) mass is 232 g/mol. The van der Waals surface area contributed by atoms with Gasteiger partial charge in [-0.3, -0.25) is 0 Å². The van der Waals surface area contributed by atoms with E-state index in [4.69, 9.17) is 15.7 Å². The Morgan fingerprint density at radius 3 is 2.76 bits per heavy atom. The van der Waals surface area contributed by atoms with Crippen molar-refractivity contribution in [3.8, 4) is 6.07 Å². The van der Waals surface area contributed by atoms with Gasteiger partial charge < -0.3 is 10.5 Å². The summed E-state index contributed by atoms with van der Waals surface area (Å²) < 4.78 is 4.91. The predicted octanol–water partition coefficient (Wildman–Crippen LogP) is 1.62. The normalized spacial score (nSPS) is 11.6. The summed E-state index contributed by atoms with van der Waals surface area (Å²) in [5, 5.41) is 8.90. The van der Waals surface area contributed by atoms with Crippen molar-refractivity contribution in [2.75, 3.05) is 6.61 Å². The van der Waals surface area contributed by atoms with E-state index in [-0.39, 0.29) is 6.04 Å². The van der Waals surface area contributed by atoms with E-state index in [1.54, 1.807) is 19.1 Å². The van der Waals surface area contributed by atoms with Crippen LogP contribution in [0.3, 0.4) is 0 Å². The number of carbonyl (C=O) groups is 1. The van der Waals surface area contributed by atoms with Crippen molar-refractivity contribution in [1.82, 2.24) is 0 Å². The lowest BCUT2D eigenvalue weighted by Crippen LogP contribution is -2.18. The fraction of sp³-hybridized carbons (Fsp3) is 0.385. The molecule has 0 aliphatic heterocycles. The van der Waals surface area contributed by atoms with E-state index in [0.717, 1.165) is 5.56 Å². The second-order valence-corrected chi connectivity index (χ2v) is 3.93. The lowest BCUT2D eigenvalue weighted by molar-refractivity contribution is 0.0526. The van der Waals surface area contributed by atoms with Crippen molar-refractivity contribution in [3.63, 3.8) is 0 Å². The predicted molar refractivity (Wildman–Crippen MR) is 64.5 cm³/mol. The number of nitrogens with two attached hydrogens (primary N) is 1. The number of nitriles is 1. The Morgan fingerprint density at radius 2 is 2.24 bits per heavy atom. The molecule has 0 spiro atoms. The fourth-order valence-corrected chi connectivity index (χ4v) is 1.58. The zero-order chi connectivity index (χ0) is 12.8. The van der Waals surface area contributed by atoms with Crippen LogP contribution >= 0.6 is 0 Å². The SMILES string of the molecule is CCOC(=O)c1cc(C#N)cc(C[C@@H](C)N)c1. The molecule has 1 aromatic rings. The molecule has 1 atom stereocenters. The largest absolute Gasteiger partial charge is 0.462 e. The van der Waals surface area contributed by atoms with Gasteiger partial charge in [0.15, 0.2) is 0 Å². The summed E-state index contributed by atoms with van der Waals surface area (Å²) in [6.07, 6.45) is 0.627. The maximum atomic E-state index is 11.6. The number of rotatable bonds is 4. The van der Waals surface area contributed by atoms with E-state index in [1.165, 1.54) is 6.07 Å². The molecule has 90 valence electrons. The topological polar surface area (TPSA) is 76.1 Å². The molecule has 0 aromatic heterocycles. The number of nitrogens with zero attached hydrogens (tertiary/aromatic N) is 1. The summed E-state index contributed by atoms with van der Waals surface area (Å²) in [5.74, 6) is -0.407. The first-order chi connectivity index (χ1) is 8.06. The molecular weight excluding hydrogens is 216 g/mol. The molecule has 1 aromatic carbocycles.